The van der Waals surface area contributed by atoms with Gasteiger partial charge in [-0.05, 0) is 30.7 Å². The molecular weight excluding hydrogens is 348 g/mol. The summed E-state index contributed by atoms with van der Waals surface area (Å²) in [4.78, 5) is 12.5. The van der Waals surface area contributed by atoms with Gasteiger partial charge >= 0.3 is 5.97 Å². The van der Waals surface area contributed by atoms with E-state index in [1.807, 2.05) is 30.3 Å². The lowest BCUT2D eigenvalue weighted by Crippen LogP contribution is -2.22. The molecule has 0 aliphatic carbocycles. The van der Waals surface area contributed by atoms with Crippen LogP contribution in [0.15, 0.2) is 47.7 Å². The maximum atomic E-state index is 12.5. The Kier molecular flexibility index (Phi) is 5.26. The van der Waals surface area contributed by atoms with Crippen LogP contribution in [0.4, 0.5) is 0 Å². The molecule has 0 amide bonds. The van der Waals surface area contributed by atoms with Crippen molar-refractivity contribution in [3.8, 4) is 23.0 Å². The molecule has 2 aromatic rings. The van der Waals surface area contributed by atoms with Crippen LogP contribution in [0.5, 0.6) is 23.0 Å². The van der Waals surface area contributed by atoms with E-state index in [1.54, 1.807) is 34.3 Å². The summed E-state index contributed by atoms with van der Waals surface area (Å²) in [7, 11) is 6.10. The number of rotatable bonds is 5. The second-order valence-electron chi connectivity index (χ2n) is 6.01. The Morgan fingerprint density at radius 3 is 2.11 bits per heavy atom. The highest BCUT2D eigenvalue weighted by Crippen LogP contribution is 2.47. The van der Waals surface area contributed by atoms with Crippen LogP contribution in [0.2, 0.25) is 0 Å². The van der Waals surface area contributed by atoms with E-state index in [0.717, 1.165) is 16.9 Å². The molecular formula is C21H22O6. The molecule has 142 valence electrons. The molecule has 6 nitrogen and oxygen atoms in total. The van der Waals surface area contributed by atoms with Gasteiger partial charge in [-0.1, -0.05) is 12.1 Å². The zero-order valence-corrected chi connectivity index (χ0v) is 16.0. The number of allylic oxidation sites excluding steroid dienone is 1. The molecule has 0 fully saturated rings. The highest BCUT2D eigenvalue weighted by Gasteiger charge is 2.35. The van der Waals surface area contributed by atoms with Gasteiger partial charge in [-0.3, -0.25) is 0 Å². The van der Waals surface area contributed by atoms with Crippen molar-refractivity contribution in [1.29, 1.82) is 0 Å². The summed E-state index contributed by atoms with van der Waals surface area (Å²) in [6.07, 6.45) is 0. The van der Waals surface area contributed by atoms with Crippen molar-refractivity contribution in [3.05, 3.63) is 58.9 Å². The normalized spacial score (nSPS) is 15.5. The molecule has 3 rings (SSSR count). The lowest BCUT2D eigenvalue weighted by Gasteiger charge is -2.29. The average molecular weight is 370 g/mol. The van der Waals surface area contributed by atoms with Crippen LogP contribution < -0.4 is 18.9 Å². The Morgan fingerprint density at radius 2 is 1.56 bits per heavy atom. The van der Waals surface area contributed by atoms with Gasteiger partial charge in [0.05, 0.1) is 34.0 Å². The zero-order chi connectivity index (χ0) is 19.6. The van der Waals surface area contributed by atoms with E-state index in [4.69, 9.17) is 23.7 Å². The standard InChI is InChI=1S/C21H22O6/c1-12-19(21(22)26-5)20(13-6-8-14(23-2)9-7-13)15-10-17(24-3)18(25-4)11-16(15)27-12/h6-11,20H,1-5H3/t20-/m0/s1. The lowest BCUT2D eigenvalue weighted by molar-refractivity contribution is -0.136. The van der Waals surface area contributed by atoms with Crippen LogP contribution >= 0.6 is 0 Å². The summed E-state index contributed by atoms with van der Waals surface area (Å²) in [5.41, 5.74) is 2.15. The molecule has 0 spiro atoms. The zero-order valence-electron chi connectivity index (χ0n) is 16.0. The number of hydrogen-bond donors (Lipinski definition) is 0. The van der Waals surface area contributed by atoms with Gasteiger partial charge in [0.2, 0.25) is 0 Å². The van der Waals surface area contributed by atoms with Gasteiger partial charge in [-0.2, -0.15) is 0 Å². The molecule has 0 aromatic heterocycles. The predicted molar refractivity (Wildman–Crippen MR) is 99.7 cm³/mol. The first-order valence-corrected chi connectivity index (χ1v) is 8.40. The van der Waals surface area contributed by atoms with E-state index >= 15 is 0 Å². The van der Waals surface area contributed by atoms with Crippen molar-refractivity contribution in [2.75, 3.05) is 28.4 Å². The first kappa shape index (κ1) is 18.6. The molecule has 0 N–H and O–H groups in total. The maximum Gasteiger partial charge on any atom is 0.338 e. The molecule has 0 radical (unpaired) electrons. The van der Waals surface area contributed by atoms with Crippen LogP contribution in [0.3, 0.4) is 0 Å². The highest BCUT2D eigenvalue weighted by molar-refractivity contribution is 5.92. The summed E-state index contributed by atoms with van der Waals surface area (Å²) < 4.78 is 27.0. The van der Waals surface area contributed by atoms with Crippen LogP contribution in [0.1, 0.15) is 24.0 Å². The third-order valence-corrected chi connectivity index (χ3v) is 4.61. The summed E-state index contributed by atoms with van der Waals surface area (Å²) >= 11 is 0. The SMILES string of the molecule is COC(=O)C1=C(C)Oc2cc(OC)c(OC)cc2[C@@H]1c1ccc(OC)cc1. The Bertz CT molecular complexity index is 882. The molecule has 1 atom stereocenters. The fraction of sp³-hybridized carbons (Fsp3) is 0.286. The lowest BCUT2D eigenvalue weighted by atomic mass is 9.82. The number of esters is 1. The minimum absolute atomic E-state index is 0.369. The number of hydrogen-bond acceptors (Lipinski definition) is 6. The Balaban J connectivity index is 2.23. The van der Waals surface area contributed by atoms with Crippen molar-refractivity contribution in [2.24, 2.45) is 0 Å². The number of ether oxygens (including phenoxy) is 5. The fourth-order valence-electron chi connectivity index (χ4n) is 3.28. The van der Waals surface area contributed by atoms with Crippen molar-refractivity contribution in [1.82, 2.24) is 0 Å². The molecule has 1 aliphatic heterocycles. The third kappa shape index (κ3) is 3.30. The first-order valence-electron chi connectivity index (χ1n) is 8.40. The molecule has 0 bridgehead atoms. The Hall–Kier alpha value is -3.15. The third-order valence-electron chi connectivity index (χ3n) is 4.61. The van der Waals surface area contributed by atoms with E-state index in [-0.39, 0.29) is 5.92 Å². The number of carbonyl (C=O) groups is 1. The predicted octanol–water partition coefficient (Wildman–Crippen LogP) is 3.68. The molecule has 2 aromatic carbocycles. The number of methoxy groups -OCH3 is 4. The summed E-state index contributed by atoms with van der Waals surface area (Å²) in [5.74, 6) is 2.14. The van der Waals surface area contributed by atoms with E-state index in [0.29, 0.717) is 28.6 Å². The minimum Gasteiger partial charge on any atom is -0.497 e. The van der Waals surface area contributed by atoms with E-state index < -0.39 is 5.97 Å². The van der Waals surface area contributed by atoms with Gasteiger partial charge in [0, 0.05) is 17.5 Å². The van der Waals surface area contributed by atoms with Crippen LogP contribution in [0.25, 0.3) is 0 Å². The van der Waals surface area contributed by atoms with Gasteiger partial charge in [0.15, 0.2) is 11.5 Å². The number of carbonyl (C=O) groups excluding carboxylic acids is 1. The van der Waals surface area contributed by atoms with Crippen LogP contribution in [0, 0.1) is 0 Å². The largest absolute Gasteiger partial charge is 0.497 e. The van der Waals surface area contributed by atoms with Gasteiger partial charge in [-0.15, -0.1) is 0 Å². The van der Waals surface area contributed by atoms with Gasteiger partial charge in [0.25, 0.3) is 0 Å². The summed E-state index contributed by atoms with van der Waals surface area (Å²) in [6.45, 7) is 1.75. The number of fused-ring (bicyclic) bond motifs is 1. The molecule has 27 heavy (non-hydrogen) atoms. The quantitative estimate of drug-likeness (QED) is 0.748. The van der Waals surface area contributed by atoms with E-state index in [9.17, 15) is 4.79 Å². The molecule has 1 aliphatic rings. The minimum atomic E-state index is -0.436. The smallest absolute Gasteiger partial charge is 0.338 e. The highest BCUT2D eigenvalue weighted by atomic mass is 16.5. The van der Waals surface area contributed by atoms with Crippen LogP contribution in [-0.2, 0) is 9.53 Å². The van der Waals surface area contributed by atoms with Crippen molar-refractivity contribution < 1.29 is 28.5 Å². The molecule has 1 heterocycles. The first-order chi connectivity index (χ1) is 13.0. The van der Waals surface area contributed by atoms with E-state index in [2.05, 4.69) is 0 Å². The monoisotopic (exact) mass is 370 g/mol. The second kappa shape index (κ2) is 7.61. The molecule has 0 saturated heterocycles. The van der Waals surface area contributed by atoms with Crippen molar-refractivity contribution >= 4 is 5.97 Å². The topological polar surface area (TPSA) is 63.2 Å². The Morgan fingerprint density at radius 1 is 0.926 bits per heavy atom. The molecule has 0 unspecified atom stereocenters. The van der Waals surface area contributed by atoms with Gasteiger partial charge in [-0.25, -0.2) is 4.79 Å². The summed E-state index contributed by atoms with van der Waals surface area (Å²) in [6, 6.07) is 11.2. The van der Waals surface area contributed by atoms with E-state index in [1.165, 1.54) is 7.11 Å². The van der Waals surface area contributed by atoms with Crippen molar-refractivity contribution in [2.45, 2.75) is 12.8 Å². The molecule has 6 heteroatoms. The fourth-order valence-corrected chi connectivity index (χ4v) is 3.28. The average Bonchev–Trinajstić information content (AvgIpc) is 2.71. The number of benzene rings is 2. The Labute approximate surface area is 158 Å². The second-order valence-corrected chi connectivity index (χ2v) is 6.01. The van der Waals surface area contributed by atoms with Gasteiger partial charge < -0.3 is 23.7 Å². The van der Waals surface area contributed by atoms with Crippen molar-refractivity contribution in [3.63, 3.8) is 0 Å². The summed E-state index contributed by atoms with van der Waals surface area (Å²) in [5, 5.41) is 0. The molecule has 0 saturated carbocycles. The maximum absolute atomic E-state index is 12.5. The van der Waals surface area contributed by atoms with Crippen LogP contribution in [-0.4, -0.2) is 34.4 Å². The van der Waals surface area contributed by atoms with Gasteiger partial charge in [0.1, 0.15) is 17.3 Å².